The van der Waals surface area contributed by atoms with Crippen LogP contribution in [0.3, 0.4) is 0 Å². The molecule has 87 valence electrons. The molecule has 0 fully saturated rings. The first-order valence-electron chi connectivity index (χ1n) is 6.13. The molecule has 2 aromatic carbocycles. The van der Waals surface area contributed by atoms with Crippen LogP contribution in [0.2, 0.25) is 0 Å². The summed E-state index contributed by atoms with van der Waals surface area (Å²) >= 11 is 4.99. The highest BCUT2D eigenvalue weighted by molar-refractivity contribution is 7.80. The number of hydrogen-bond acceptors (Lipinski definition) is 0. The van der Waals surface area contributed by atoms with Crippen molar-refractivity contribution in [2.24, 2.45) is 0 Å². The van der Waals surface area contributed by atoms with Crippen LogP contribution in [-0.4, -0.2) is 5.75 Å². The molecule has 0 atom stereocenters. The average molecular weight is 241 g/mol. The van der Waals surface area contributed by atoms with Gasteiger partial charge in [-0.15, -0.1) is 0 Å². The van der Waals surface area contributed by atoms with Crippen molar-refractivity contribution in [2.45, 2.75) is 19.3 Å². The zero-order valence-corrected chi connectivity index (χ0v) is 10.7. The smallest absolute Gasteiger partial charge is 0.00370 e. The molecule has 2 aromatic rings. The number of unbranched alkanes of at least 4 members (excludes halogenated alkanes) is 1. The van der Waals surface area contributed by atoms with E-state index in [-0.39, 0.29) is 0 Å². The lowest BCUT2D eigenvalue weighted by Crippen LogP contribution is -1.90. The topological polar surface area (TPSA) is 0 Å². The summed E-state index contributed by atoms with van der Waals surface area (Å²) in [7, 11) is 0. The Hall–Kier alpha value is -1.21. The molecule has 1 heteroatoms. The Bertz CT molecular complexity index is 448. The molecule has 0 amide bonds. The molecule has 0 aliphatic heterocycles. The van der Waals surface area contributed by atoms with Gasteiger partial charge in [-0.3, -0.25) is 0 Å². The lowest BCUT2D eigenvalue weighted by atomic mass is 9.96. The van der Waals surface area contributed by atoms with Crippen molar-refractivity contribution >= 4 is 12.6 Å². The fourth-order valence-corrected chi connectivity index (χ4v) is 2.26. The van der Waals surface area contributed by atoms with Crippen molar-refractivity contribution in [3.8, 4) is 11.1 Å². The van der Waals surface area contributed by atoms with E-state index in [1.54, 1.807) is 0 Å². The van der Waals surface area contributed by atoms with E-state index in [2.05, 4.69) is 54.6 Å². The Morgan fingerprint density at radius 3 is 2.24 bits per heavy atom. The molecule has 2 rings (SSSR count). The summed E-state index contributed by atoms with van der Waals surface area (Å²) in [6, 6.07) is 19.3. The molecule has 0 heterocycles. The largest absolute Gasteiger partial charge is 0.0942 e. The van der Waals surface area contributed by atoms with Gasteiger partial charge >= 0.3 is 0 Å². The van der Waals surface area contributed by atoms with E-state index in [1.807, 2.05) is 0 Å². The molecule has 0 saturated carbocycles. The van der Waals surface area contributed by atoms with Gasteiger partial charge < -0.3 is 0 Å². The normalized spacial score (nSPS) is 10.4. The van der Waals surface area contributed by atoms with Crippen LogP contribution in [0, 0.1) is 0 Å². The molecule has 0 aromatic heterocycles. The molecule has 0 N–H and O–H groups in total. The van der Waals surface area contributed by atoms with Crippen LogP contribution >= 0.6 is 12.6 Å². The molecule has 0 nitrogen and oxygen atoms in total. The summed E-state index contributed by atoms with van der Waals surface area (Å²) in [5.41, 5.74) is 4.10. The van der Waals surface area contributed by atoms with E-state index in [0.717, 1.165) is 18.6 Å². The third kappa shape index (κ3) is 3.37. The van der Waals surface area contributed by atoms with Crippen LogP contribution in [0.1, 0.15) is 18.4 Å². The Morgan fingerprint density at radius 1 is 0.765 bits per heavy atom. The van der Waals surface area contributed by atoms with Gasteiger partial charge in [0.2, 0.25) is 0 Å². The monoisotopic (exact) mass is 241 g/mol. The lowest BCUT2D eigenvalue weighted by molar-refractivity contribution is 0.805. The Balaban J connectivity index is 2.22. The summed E-state index contributed by atoms with van der Waals surface area (Å²) in [5.74, 6) is 0.869. The van der Waals surface area contributed by atoms with Crippen molar-refractivity contribution in [3.63, 3.8) is 0 Å². The third-order valence-corrected chi connectivity index (χ3v) is 3.23. The molecule has 0 unspecified atom stereocenters. The number of benzene rings is 2. The second-order valence-corrected chi connectivity index (χ2v) is 4.59. The van der Waals surface area contributed by atoms with Gasteiger partial charge in [-0.1, -0.05) is 67.2 Å². The van der Waals surface area contributed by atoms with E-state index in [1.165, 1.54) is 23.1 Å². The van der Waals surface area contributed by atoms with Crippen LogP contribution < -0.4 is 0 Å². The van der Waals surface area contributed by atoms with Gasteiger partial charge in [0.25, 0.3) is 0 Å². The predicted octanol–water partition coefficient (Wildman–Crippen LogP) is 4.87. The maximum Gasteiger partial charge on any atom is 0.00370 e. The first kappa shape index (κ1) is 12.3. The zero-order chi connectivity index (χ0) is 11.9. The van der Waals surface area contributed by atoms with Crippen LogP contribution in [0.25, 0.3) is 11.1 Å². The molecule has 17 heavy (non-hydrogen) atoms. The highest BCUT2D eigenvalue weighted by Gasteiger charge is 2.03. The van der Waals surface area contributed by atoms with Gasteiger partial charge in [-0.2, -0.15) is 0 Å². The molecular weight excluding hydrogens is 224 g/mol. The standard InChI is InChI=1S/C16H17S/c17-13-7-6-11-15-10-4-5-12-16(15)14-8-2-1-3-9-14/h1-5,8-10,12H,6-7,11,13H2. The summed E-state index contributed by atoms with van der Waals surface area (Å²) < 4.78 is 0. The fraction of sp³-hybridized carbons (Fsp3) is 0.250. The third-order valence-electron chi connectivity index (χ3n) is 2.94. The SMILES string of the molecule is [S]CCCCc1ccccc1-c1ccccc1. The van der Waals surface area contributed by atoms with Crippen molar-refractivity contribution in [1.29, 1.82) is 0 Å². The van der Waals surface area contributed by atoms with Gasteiger partial charge in [0.05, 0.1) is 0 Å². The molecule has 1 radical (unpaired) electrons. The highest BCUT2D eigenvalue weighted by Crippen LogP contribution is 2.24. The molecule has 0 aliphatic carbocycles. The fourth-order valence-electron chi connectivity index (χ4n) is 2.06. The van der Waals surface area contributed by atoms with Crippen molar-refractivity contribution in [3.05, 3.63) is 60.2 Å². The molecule has 0 aliphatic rings. The van der Waals surface area contributed by atoms with Crippen LogP contribution in [0.5, 0.6) is 0 Å². The zero-order valence-electron chi connectivity index (χ0n) is 9.93. The maximum absolute atomic E-state index is 4.99. The predicted molar refractivity (Wildman–Crippen MR) is 77.3 cm³/mol. The minimum atomic E-state index is 0.869. The van der Waals surface area contributed by atoms with Gasteiger partial charge in [0.15, 0.2) is 0 Å². The van der Waals surface area contributed by atoms with Crippen LogP contribution in [0.4, 0.5) is 0 Å². The van der Waals surface area contributed by atoms with Gasteiger partial charge in [0, 0.05) is 5.75 Å². The average Bonchev–Trinajstić information content (AvgIpc) is 2.41. The van der Waals surface area contributed by atoms with Crippen molar-refractivity contribution < 1.29 is 0 Å². The Kier molecular flexibility index (Phi) is 4.69. The maximum atomic E-state index is 4.99. The molecule has 0 bridgehead atoms. The van der Waals surface area contributed by atoms with E-state index in [0.29, 0.717) is 0 Å². The second kappa shape index (κ2) is 6.51. The van der Waals surface area contributed by atoms with E-state index < -0.39 is 0 Å². The molecular formula is C16H17S. The number of aryl methyl sites for hydroxylation is 1. The first-order chi connectivity index (χ1) is 8.42. The minimum Gasteiger partial charge on any atom is -0.0942 e. The highest BCUT2D eigenvalue weighted by atomic mass is 32.1. The van der Waals surface area contributed by atoms with Crippen LogP contribution in [-0.2, 0) is 6.42 Å². The Labute approximate surface area is 109 Å². The molecule has 0 saturated heterocycles. The van der Waals surface area contributed by atoms with E-state index >= 15 is 0 Å². The molecule has 0 spiro atoms. The van der Waals surface area contributed by atoms with Gasteiger partial charge in [0.1, 0.15) is 0 Å². The van der Waals surface area contributed by atoms with Crippen molar-refractivity contribution in [2.75, 3.05) is 5.75 Å². The lowest BCUT2D eigenvalue weighted by Gasteiger charge is -2.09. The van der Waals surface area contributed by atoms with E-state index in [9.17, 15) is 0 Å². The quantitative estimate of drug-likeness (QED) is 0.655. The van der Waals surface area contributed by atoms with Crippen molar-refractivity contribution in [1.82, 2.24) is 0 Å². The van der Waals surface area contributed by atoms with E-state index in [4.69, 9.17) is 12.6 Å². The Morgan fingerprint density at radius 2 is 1.47 bits per heavy atom. The number of hydrogen-bond donors (Lipinski definition) is 0. The van der Waals surface area contributed by atoms with Gasteiger partial charge in [-0.05, 0) is 36.0 Å². The summed E-state index contributed by atoms with van der Waals surface area (Å²) in [4.78, 5) is 0. The first-order valence-corrected chi connectivity index (χ1v) is 6.71. The van der Waals surface area contributed by atoms with Crippen LogP contribution in [0.15, 0.2) is 54.6 Å². The number of rotatable bonds is 5. The summed E-state index contributed by atoms with van der Waals surface area (Å²) in [5, 5.41) is 0. The minimum absolute atomic E-state index is 0.869. The van der Waals surface area contributed by atoms with Gasteiger partial charge in [-0.25, -0.2) is 0 Å². The second-order valence-electron chi connectivity index (χ2n) is 4.18. The summed E-state index contributed by atoms with van der Waals surface area (Å²) in [6.07, 6.45) is 3.45. The summed E-state index contributed by atoms with van der Waals surface area (Å²) in [6.45, 7) is 0.